The molecule has 0 radical (unpaired) electrons. The second kappa shape index (κ2) is 7.36. The molecule has 106 valence electrons. The van der Waals surface area contributed by atoms with E-state index in [2.05, 4.69) is 24.5 Å². The van der Waals surface area contributed by atoms with Crippen molar-refractivity contribution in [3.05, 3.63) is 60.2 Å². The maximum Gasteiger partial charge on any atom is 0.133 e. The molecule has 0 bridgehead atoms. The first-order chi connectivity index (χ1) is 9.70. The Hall–Kier alpha value is -1.45. The van der Waals surface area contributed by atoms with Gasteiger partial charge in [0, 0.05) is 17.4 Å². The molecule has 3 heteroatoms. The van der Waals surface area contributed by atoms with E-state index in [-0.39, 0.29) is 12.1 Å². The van der Waals surface area contributed by atoms with Crippen molar-refractivity contribution >= 4 is 11.8 Å². The summed E-state index contributed by atoms with van der Waals surface area (Å²) in [5.41, 5.74) is 7.14. The largest absolute Gasteiger partial charge is 0.485 e. The summed E-state index contributed by atoms with van der Waals surface area (Å²) in [6.07, 6.45) is 2.85. The van der Waals surface area contributed by atoms with Gasteiger partial charge in [0.25, 0.3) is 0 Å². The van der Waals surface area contributed by atoms with Crippen LogP contribution in [-0.4, -0.2) is 12.3 Å². The average molecular weight is 287 g/mol. The van der Waals surface area contributed by atoms with Crippen LogP contribution in [0.5, 0.6) is 5.75 Å². The summed E-state index contributed by atoms with van der Waals surface area (Å²) in [7, 11) is 0. The van der Waals surface area contributed by atoms with Crippen molar-refractivity contribution in [2.45, 2.75) is 30.4 Å². The summed E-state index contributed by atoms with van der Waals surface area (Å²) < 4.78 is 6.23. The van der Waals surface area contributed by atoms with E-state index in [1.165, 1.54) is 5.56 Å². The number of ether oxygens (including phenoxy) is 1. The minimum atomic E-state index is -0.00972. The predicted molar refractivity (Wildman–Crippen MR) is 86.3 cm³/mol. The molecule has 0 spiro atoms. The molecule has 0 heterocycles. The second-order valence-electron chi connectivity index (χ2n) is 4.88. The highest BCUT2D eigenvalue weighted by Crippen LogP contribution is 2.32. The van der Waals surface area contributed by atoms with Crippen molar-refractivity contribution in [2.75, 3.05) is 6.26 Å². The van der Waals surface area contributed by atoms with E-state index < -0.39 is 0 Å². The predicted octanol–water partition coefficient (Wildman–Crippen LogP) is 4.27. The summed E-state index contributed by atoms with van der Waals surface area (Å²) in [5.74, 6) is 0.925. The van der Waals surface area contributed by atoms with Gasteiger partial charge in [-0.25, -0.2) is 0 Å². The van der Waals surface area contributed by atoms with E-state index in [0.717, 1.165) is 17.1 Å². The molecule has 0 saturated heterocycles. The van der Waals surface area contributed by atoms with Crippen molar-refractivity contribution in [1.29, 1.82) is 0 Å². The lowest BCUT2D eigenvalue weighted by Crippen LogP contribution is -2.21. The van der Waals surface area contributed by atoms with Crippen LogP contribution in [0.3, 0.4) is 0 Å². The Labute approximate surface area is 125 Å². The number of para-hydroxylation sites is 1. The van der Waals surface area contributed by atoms with Gasteiger partial charge in [0.2, 0.25) is 0 Å². The zero-order valence-electron chi connectivity index (χ0n) is 12.0. The minimum absolute atomic E-state index is 0.00972. The molecule has 0 aliphatic heterocycles. The lowest BCUT2D eigenvalue weighted by atomic mass is 10.0. The third kappa shape index (κ3) is 4.02. The van der Waals surface area contributed by atoms with Crippen LogP contribution in [0, 0.1) is 0 Å². The van der Waals surface area contributed by atoms with Crippen molar-refractivity contribution in [3.8, 4) is 5.75 Å². The lowest BCUT2D eigenvalue weighted by molar-refractivity contribution is 0.182. The van der Waals surface area contributed by atoms with Gasteiger partial charge in [-0.3, -0.25) is 0 Å². The molecule has 0 fully saturated rings. The van der Waals surface area contributed by atoms with Crippen LogP contribution in [0.25, 0.3) is 0 Å². The molecule has 2 aromatic carbocycles. The minimum Gasteiger partial charge on any atom is -0.485 e. The van der Waals surface area contributed by atoms with Crippen LogP contribution in [0.2, 0.25) is 0 Å². The van der Waals surface area contributed by atoms with Crippen molar-refractivity contribution in [1.82, 2.24) is 0 Å². The molecule has 2 rings (SSSR count). The Morgan fingerprint density at radius 2 is 1.70 bits per heavy atom. The van der Waals surface area contributed by atoms with Crippen LogP contribution in [-0.2, 0) is 0 Å². The molecule has 20 heavy (non-hydrogen) atoms. The molecule has 2 aromatic rings. The quantitative estimate of drug-likeness (QED) is 0.806. The Kier molecular flexibility index (Phi) is 5.50. The van der Waals surface area contributed by atoms with E-state index in [1.54, 1.807) is 11.8 Å². The summed E-state index contributed by atoms with van der Waals surface area (Å²) in [5, 5.41) is 0. The average Bonchev–Trinajstić information content (AvgIpc) is 2.47. The van der Waals surface area contributed by atoms with Gasteiger partial charge in [0.1, 0.15) is 11.9 Å². The Bertz CT molecular complexity index is 528. The van der Waals surface area contributed by atoms with E-state index in [9.17, 15) is 0 Å². The third-order valence-corrected chi connectivity index (χ3v) is 3.87. The zero-order valence-corrected chi connectivity index (χ0v) is 12.8. The molecule has 2 unspecified atom stereocenters. The smallest absolute Gasteiger partial charge is 0.133 e. The number of rotatable bonds is 6. The fraction of sp³-hybridized carbons (Fsp3) is 0.294. The molecular weight excluding hydrogens is 266 g/mol. The molecule has 0 amide bonds. The topological polar surface area (TPSA) is 35.2 Å². The summed E-state index contributed by atoms with van der Waals surface area (Å²) in [6, 6.07) is 18.5. The van der Waals surface area contributed by atoms with E-state index in [4.69, 9.17) is 10.5 Å². The summed E-state index contributed by atoms with van der Waals surface area (Å²) in [4.78, 5) is 1.15. The monoisotopic (exact) mass is 287 g/mol. The highest BCUT2D eigenvalue weighted by atomic mass is 32.2. The third-order valence-electron chi connectivity index (χ3n) is 3.10. The normalized spacial score (nSPS) is 13.8. The van der Waals surface area contributed by atoms with Gasteiger partial charge in [-0.05, 0) is 30.9 Å². The Balaban J connectivity index is 2.24. The number of nitrogens with two attached hydrogens (primary N) is 1. The second-order valence-corrected chi connectivity index (χ2v) is 5.73. The highest BCUT2D eigenvalue weighted by molar-refractivity contribution is 7.98. The van der Waals surface area contributed by atoms with Gasteiger partial charge in [0.05, 0.1) is 0 Å². The maximum absolute atomic E-state index is 6.23. The van der Waals surface area contributed by atoms with Crippen LogP contribution < -0.4 is 10.5 Å². The summed E-state index contributed by atoms with van der Waals surface area (Å²) in [6.45, 7) is 2.01. The molecule has 2 N–H and O–H groups in total. The molecule has 0 aliphatic carbocycles. The first kappa shape index (κ1) is 14.9. The van der Waals surface area contributed by atoms with Crippen LogP contribution in [0.4, 0.5) is 0 Å². The molecule has 2 atom stereocenters. The Morgan fingerprint density at radius 1 is 1.05 bits per heavy atom. The summed E-state index contributed by atoms with van der Waals surface area (Å²) >= 11 is 1.70. The molecule has 2 nitrogen and oxygen atoms in total. The van der Waals surface area contributed by atoms with E-state index >= 15 is 0 Å². The van der Waals surface area contributed by atoms with Crippen LogP contribution >= 0.6 is 11.8 Å². The van der Waals surface area contributed by atoms with Crippen LogP contribution in [0.1, 0.15) is 25.0 Å². The number of benzene rings is 2. The molecule has 0 aliphatic rings. The fourth-order valence-electron chi connectivity index (χ4n) is 2.13. The number of hydrogen-bond donors (Lipinski definition) is 1. The zero-order chi connectivity index (χ0) is 14.4. The fourth-order valence-corrected chi connectivity index (χ4v) is 2.66. The standard InChI is InChI=1S/C17H21NOS/c1-13(18)12-16(14-8-4-3-5-9-14)19-15-10-6-7-11-17(15)20-2/h3-11,13,16H,12,18H2,1-2H3. The van der Waals surface area contributed by atoms with Crippen molar-refractivity contribution < 1.29 is 4.74 Å². The van der Waals surface area contributed by atoms with E-state index in [1.807, 2.05) is 43.3 Å². The highest BCUT2D eigenvalue weighted by Gasteiger charge is 2.16. The van der Waals surface area contributed by atoms with Crippen molar-refractivity contribution in [3.63, 3.8) is 0 Å². The lowest BCUT2D eigenvalue weighted by Gasteiger charge is -2.22. The van der Waals surface area contributed by atoms with Crippen LogP contribution in [0.15, 0.2) is 59.5 Å². The molecule has 0 saturated carbocycles. The van der Waals surface area contributed by atoms with Gasteiger partial charge in [0.15, 0.2) is 0 Å². The van der Waals surface area contributed by atoms with Gasteiger partial charge < -0.3 is 10.5 Å². The van der Waals surface area contributed by atoms with Gasteiger partial charge in [-0.15, -0.1) is 11.8 Å². The maximum atomic E-state index is 6.23. The van der Waals surface area contributed by atoms with Gasteiger partial charge in [-0.1, -0.05) is 42.5 Å². The number of thioether (sulfide) groups is 1. The SMILES string of the molecule is CSc1ccccc1OC(CC(C)N)c1ccccc1. The first-order valence-corrected chi connectivity index (χ1v) is 8.03. The first-order valence-electron chi connectivity index (χ1n) is 6.81. The van der Waals surface area contributed by atoms with Gasteiger partial charge in [-0.2, -0.15) is 0 Å². The van der Waals surface area contributed by atoms with Gasteiger partial charge >= 0.3 is 0 Å². The Morgan fingerprint density at radius 3 is 2.35 bits per heavy atom. The molecular formula is C17H21NOS. The van der Waals surface area contributed by atoms with Crippen molar-refractivity contribution in [2.24, 2.45) is 5.73 Å². The van der Waals surface area contributed by atoms with E-state index in [0.29, 0.717) is 0 Å². The number of hydrogen-bond acceptors (Lipinski definition) is 3. The molecule has 0 aromatic heterocycles.